The van der Waals surface area contributed by atoms with E-state index in [2.05, 4.69) is 15.0 Å². The molecule has 2 rings (SSSR count). The van der Waals surface area contributed by atoms with Gasteiger partial charge >= 0.3 is 0 Å². The van der Waals surface area contributed by atoms with Crippen LogP contribution in [0.2, 0.25) is 0 Å². The minimum atomic E-state index is -0.184. The number of hydrogen-bond donors (Lipinski definition) is 2. The summed E-state index contributed by atoms with van der Waals surface area (Å²) in [5.74, 6) is 0.854. The van der Waals surface area contributed by atoms with E-state index in [1.165, 1.54) is 0 Å². The van der Waals surface area contributed by atoms with Crippen molar-refractivity contribution in [2.45, 2.75) is 13.3 Å². The maximum Gasteiger partial charge on any atom is 0.255 e. The van der Waals surface area contributed by atoms with Crippen LogP contribution >= 0.6 is 0 Å². The first kappa shape index (κ1) is 10.4. The second-order valence-electron chi connectivity index (χ2n) is 3.56. The second-order valence-corrected chi connectivity index (χ2v) is 3.56. The molecule has 2 heterocycles. The summed E-state index contributed by atoms with van der Waals surface area (Å²) in [6.07, 6.45) is 3.94. The number of aromatic nitrogens is 3. The summed E-state index contributed by atoms with van der Waals surface area (Å²) >= 11 is 0. The highest BCUT2D eigenvalue weighted by molar-refractivity contribution is 5.36. The zero-order chi connectivity index (χ0) is 11.5. The Morgan fingerprint density at radius 3 is 2.69 bits per heavy atom. The number of hydrogen-bond acceptors (Lipinski definition) is 4. The van der Waals surface area contributed by atoms with Gasteiger partial charge < -0.3 is 10.7 Å². The SMILES string of the molecule is Cc1c(N)nc(Cc2ccncc2)[nH]c1=O. The number of H-pyrrole nitrogens is 1. The first-order chi connectivity index (χ1) is 7.66. The van der Waals surface area contributed by atoms with Crippen LogP contribution in [0.25, 0.3) is 0 Å². The van der Waals surface area contributed by atoms with Gasteiger partial charge in [-0.2, -0.15) is 0 Å². The molecule has 2 aromatic heterocycles. The number of nitrogens with one attached hydrogen (secondary N) is 1. The lowest BCUT2D eigenvalue weighted by Crippen LogP contribution is -2.17. The first-order valence-electron chi connectivity index (χ1n) is 4.91. The van der Waals surface area contributed by atoms with E-state index >= 15 is 0 Å². The molecule has 0 bridgehead atoms. The van der Waals surface area contributed by atoms with Gasteiger partial charge in [-0.3, -0.25) is 9.78 Å². The molecule has 5 nitrogen and oxygen atoms in total. The molecule has 0 spiro atoms. The van der Waals surface area contributed by atoms with E-state index in [1.54, 1.807) is 19.3 Å². The molecule has 16 heavy (non-hydrogen) atoms. The molecular weight excluding hydrogens is 204 g/mol. The molecule has 0 unspecified atom stereocenters. The minimum Gasteiger partial charge on any atom is -0.383 e. The Bertz CT molecular complexity index is 548. The van der Waals surface area contributed by atoms with E-state index in [1.807, 2.05) is 12.1 Å². The fourth-order valence-electron chi connectivity index (χ4n) is 1.38. The largest absolute Gasteiger partial charge is 0.383 e. The molecule has 0 saturated heterocycles. The molecule has 0 aromatic carbocycles. The van der Waals surface area contributed by atoms with Crippen molar-refractivity contribution in [3.63, 3.8) is 0 Å². The summed E-state index contributed by atoms with van der Waals surface area (Å²) in [4.78, 5) is 22.2. The maximum absolute atomic E-state index is 11.5. The molecule has 82 valence electrons. The zero-order valence-corrected chi connectivity index (χ0v) is 8.90. The molecule has 0 aliphatic rings. The molecule has 0 aliphatic carbocycles. The summed E-state index contributed by atoms with van der Waals surface area (Å²) < 4.78 is 0. The number of nitrogens with zero attached hydrogens (tertiary/aromatic N) is 2. The fraction of sp³-hybridized carbons (Fsp3) is 0.182. The van der Waals surface area contributed by atoms with Gasteiger partial charge in [0.25, 0.3) is 5.56 Å². The maximum atomic E-state index is 11.5. The first-order valence-corrected chi connectivity index (χ1v) is 4.91. The third kappa shape index (κ3) is 2.08. The third-order valence-electron chi connectivity index (χ3n) is 2.36. The van der Waals surface area contributed by atoms with Crippen molar-refractivity contribution in [3.05, 3.63) is 51.8 Å². The van der Waals surface area contributed by atoms with E-state index in [-0.39, 0.29) is 11.4 Å². The van der Waals surface area contributed by atoms with Gasteiger partial charge in [-0.15, -0.1) is 0 Å². The predicted molar refractivity (Wildman–Crippen MR) is 61.1 cm³/mol. The van der Waals surface area contributed by atoms with Crippen LogP contribution < -0.4 is 11.3 Å². The monoisotopic (exact) mass is 216 g/mol. The summed E-state index contributed by atoms with van der Waals surface area (Å²) in [5.41, 5.74) is 6.93. The van der Waals surface area contributed by atoms with Gasteiger partial charge in [0.05, 0.1) is 5.56 Å². The topological polar surface area (TPSA) is 84.7 Å². The highest BCUT2D eigenvalue weighted by Gasteiger charge is 2.04. The van der Waals surface area contributed by atoms with E-state index in [9.17, 15) is 4.79 Å². The summed E-state index contributed by atoms with van der Waals surface area (Å²) in [5, 5.41) is 0. The van der Waals surface area contributed by atoms with Crippen LogP contribution in [0.3, 0.4) is 0 Å². The van der Waals surface area contributed by atoms with Gasteiger partial charge in [0, 0.05) is 18.8 Å². The van der Waals surface area contributed by atoms with Gasteiger partial charge in [0.1, 0.15) is 11.6 Å². The summed E-state index contributed by atoms with van der Waals surface area (Å²) in [6.45, 7) is 1.65. The van der Waals surface area contributed by atoms with Gasteiger partial charge in [0.2, 0.25) is 0 Å². The van der Waals surface area contributed by atoms with Crippen molar-refractivity contribution in [1.29, 1.82) is 0 Å². The van der Waals surface area contributed by atoms with Crippen molar-refractivity contribution in [2.75, 3.05) is 5.73 Å². The Morgan fingerprint density at radius 1 is 1.38 bits per heavy atom. The molecule has 0 radical (unpaired) electrons. The third-order valence-corrected chi connectivity index (χ3v) is 2.36. The number of rotatable bonds is 2. The Hall–Kier alpha value is -2.17. The van der Waals surface area contributed by atoms with Crippen LogP contribution in [0.5, 0.6) is 0 Å². The number of nitrogens with two attached hydrogens (primary N) is 1. The van der Waals surface area contributed by atoms with Crippen molar-refractivity contribution >= 4 is 5.82 Å². The van der Waals surface area contributed by atoms with Crippen LogP contribution in [-0.2, 0) is 6.42 Å². The van der Waals surface area contributed by atoms with Crippen molar-refractivity contribution in [3.8, 4) is 0 Å². The Labute approximate surface area is 92.4 Å². The number of nitrogen functional groups attached to an aromatic ring is 1. The molecule has 0 atom stereocenters. The van der Waals surface area contributed by atoms with Gasteiger partial charge in [-0.05, 0) is 24.6 Å². The lowest BCUT2D eigenvalue weighted by molar-refractivity contribution is 0.936. The van der Waals surface area contributed by atoms with E-state index in [4.69, 9.17) is 5.73 Å². The fourth-order valence-corrected chi connectivity index (χ4v) is 1.38. The van der Waals surface area contributed by atoms with E-state index in [0.717, 1.165) is 5.56 Å². The van der Waals surface area contributed by atoms with Crippen molar-refractivity contribution in [2.24, 2.45) is 0 Å². The lowest BCUT2D eigenvalue weighted by Gasteiger charge is -2.03. The van der Waals surface area contributed by atoms with Gasteiger partial charge in [0.15, 0.2) is 0 Å². The zero-order valence-electron chi connectivity index (χ0n) is 8.90. The summed E-state index contributed by atoms with van der Waals surface area (Å²) in [7, 11) is 0. The Balaban J connectivity index is 2.33. The quantitative estimate of drug-likeness (QED) is 0.771. The number of anilines is 1. The second kappa shape index (κ2) is 4.14. The molecular formula is C11H12N4O. The molecule has 0 aliphatic heterocycles. The molecule has 3 N–H and O–H groups in total. The molecule has 2 aromatic rings. The smallest absolute Gasteiger partial charge is 0.255 e. The van der Waals surface area contributed by atoms with Gasteiger partial charge in [-0.25, -0.2) is 4.98 Å². The van der Waals surface area contributed by atoms with Crippen LogP contribution in [0.15, 0.2) is 29.3 Å². The number of aromatic amines is 1. The lowest BCUT2D eigenvalue weighted by atomic mass is 10.2. The van der Waals surface area contributed by atoms with Crippen LogP contribution in [0, 0.1) is 6.92 Å². The molecule has 0 amide bonds. The Morgan fingerprint density at radius 2 is 2.06 bits per heavy atom. The highest BCUT2D eigenvalue weighted by atomic mass is 16.1. The van der Waals surface area contributed by atoms with E-state index in [0.29, 0.717) is 17.8 Å². The van der Waals surface area contributed by atoms with Crippen molar-refractivity contribution in [1.82, 2.24) is 15.0 Å². The van der Waals surface area contributed by atoms with Crippen molar-refractivity contribution < 1.29 is 0 Å². The van der Waals surface area contributed by atoms with Crippen LogP contribution in [-0.4, -0.2) is 15.0 Å². The van der Waals surface area contributed by atoms with Gasteiger partial charge in [-0.1, -0.05) is 0 Å². The number of pyridine rings is 1. The minimum absolute atomic E-state index is 0.184. The standard InChI is InChI=1S/C11H12N4O/c1-7-10(12)14-9(15-11(7)16)6-8-2-4-13-5-3-8/h2-5H,6H2,1H3,(H3,12,14,15,16). The van der Waals surface area contributed by atoms with Crippen LogP contribution in [0.1, 0.15) is 17.0 Å². The average Bonchev–Trinajstić information content (AvgIpc) is 2.27. The molecule has 0 fully saturated rings. The Kier molecular flexibility index (Phi) is 2.68. The average molecular weight is 216 g/mol. The highest BCUT2D eigenvalue weighted by Crippen LogP contribution is 2.05. The van der Waals surface area contributed by atoms with Crippen LogP contribution in [0.4, 0.5) is 5.82 Å². The summed E-state index contributed by atoms with van der Waals surface area (Å²) in [6, 6.07) is 3.74. The normalized spacial score (nSPS) is 10.3. The predicted octanol–water partition coefficient (Wildman–Crippen LogP) is 0.646. The molecule has 5 heteroatoms. The molecule has 0 saturated carbocycles. The van der Waals surface area contributed by atoms with E-state index < -0.39 is 0 Å².